The summed E-state index contributed by atoms with van der Waals surface area (Å²) in [5.74, 6) is 0.224. The van der Waals surface area contributed by atoms with Crippen LogP contribution in [-0.4, -0.2) is 29.4 Å². The van der Waals surface area contributed by atoms with E-state index in [0.717, 1.165) is 5.56 Å². The first-order chi connectivity index (χ1) is 9.88. The highest BCUT2D eigenvalue weighted by atomic mass is 16.6. The van der Waals surface area contributed by atoms with Crippen LogP contribution in [0.1, 0.15) is 39.2 Å². The number of ether oxygens (including phenoxy) is 1. The Morgan fingerprint density at radius 1 is 1.29 bits per heavy atom. The molecule has 1 aromatic rings. The van der Waals surface area contributed by atoms with Crippen molar-refractivity contribution in [1.29, 1.82) is 0 Å². The largest absolute Gasteiger partial charge is 0.445 e. The molecule has 2 rings (SSSR count). The van der Waals surface area contributed by atoms with Crippen LogP contribution in [0.15, 0.2) is 30.3 Å². The molecule has 1 aromatic carbocycles. The number of benzene rings is 1. The monoisotopic (exact) mass is 289 g/mol. The SMILES string of the molecule is CC(C)(C)[C@H]1CC(=O)CCN1C(=O)OCc1ccccc1. The van der Waals surface area contributed by atoms with Gasteiger partial charge in [-0.05, 0) is 11.0 Å². The van der Waals surface area contributed by atoms with Crippen LogP contribution in [-0.2, 0) is 16.1 Å². The number of ketones is 1. The van der Waals surface area contributed by atoms with Crippen molar-refractivity contribution in [2.75, 3.05) is 6.54 Å². The summed E-state index contributed by atoms with van der Waals surface area (Å²) < 4.78 is 5.40. The molecular formula is C17H23NO3. The summed E-state index contributed by atoms with van der Waals surface area (Å²) in [5.41, 5.74) is 0.827. The summed E-state index contributed by atoms with van der Waals surface area (Å²) in [4.78, 5) is 25.7. The van der Waals surface area contributed by atoms with E-state index in [1.54, 1.807) is 4.90 Å². The topological polar surface area (TPSA) is 46.6 Å². The lowest BCUT2D eigenvalue weighted by Crippen LogP contribution is -2.52. The average molecular weight is 289 g/mol. The zero-order chi connectivity index (χ0) is 15.5. The molecule has 0 aliphatic carbocycles. The first kappa shape index (κ1) is 15.5. The second-order valence-corrected chi connectivity index (χ2v) is 6.61. The molecule has 0 N–H and O–H groups in total. The standard InChI is InChI=1S/C17H23NO3/c1-17(2,3)15-11-14(19)9-10-18(15)16(20)21-12-13-7-5-4-6-8-13/h4-8,15H,9-12H2,1-3H3/t15-/m1/s1. The molecule has 114 valence electrons. The number of amides is 1. The first-order valence-corrected chi connectivity index (χ1v) is 7.37. The van der Waals surface area contributed by atoms with Gasteiger partial charge in [-0.15, -0.1) is 0 Å². The molecule has 0 spiro atoms. The number of Topliss-reactive ketones (excluding diaryl/α,β-unsaturated/α-hetero) is 1. The lowest BCUT2D eigenvalue weighted by Gasteiger charge is -2.41. The van der Waals surface area contributed by atoms with Crippen molar-refractivity contribution in [3.63, 3.8) is 0 Å². The van der Waals surface area contributed by atoms with Crippen molar-refractivity contribution in [3.05, 3.63) is 35.9 Å². The molecule has 1 aliphatic rings. The molecule has 0 bridgehead atoms. The predicted molar refractivity (Wildman–Crippen MR) is 80.8 cm³/mol. The number of nitrogens with zero attached hydrogens (tertiary/aromatic N) is 1. The predicted octanol–water partition coefficient (Wildman–Crippen LogP) is 3.40. The van der Waals surface area contributed by atoms with Crippen LogP contribution in [0.3, 0.4) is 0 Å². The smallest absolute Gasteiger partial charge is 0.410 e. The van der Waals surface area contributed by atoms with Crippen molar-refractivity contribution in [2.24, 2.45) is 5.41 Å². The Balaban J connectivity index is 2.01. The van der Waals surface area contributed by atoms with Crippen LogP contribution >= 0.6 is 0 Å². The summed E-state index contributed by atoms with van der Waals surface area (Å²) in [7, 11) is 0. The molecule has 1 saturated heterocycles. The Morgan fingerprint density at radius 2 is 1.95 bits per heavy atom. The molecule has 0 aromatic heterocycles. The zero-order valence-corrected chi connectivity index (χ0v) is 13.0. The zero-order valence-electron chi connectivity index (χ0n) is 13.0. The van der Waals surface area contributed by atoms with Crippen molar-refractivity contribution in [1.82, 2.24) is 4.90 Å². The van der Waals surface area contributed by atoms with Crippen molar-refractivity contribution < 1.29 is 14.3 Å². The molecule has 21 heavy (non-hydrogen) atoms. The number of carbonyl (C=O) groups excluding carboxylic acids is 2. The van der Waals surface area contributed by atoms with E-state index in [-0.39, 0.29) is 29.9 Å². The minimum absolute atomic E-state index is 0.0953. The Kier molecular flexibility index (Phi) is 4.66. The van der Waals surface area contributed by atoms with Gasteiger partial charge in [0.2, 0.25) is 0 Å². The minimum Gasteiger partial charge on any atom is -0.445 e. The summed E-state index contributed by atoms with van der Waals surface area (Å²) in [6, 6.07) is 9.52. The molecule has 0 radical (unpaired) electrons. The van der Waals surface area contributed by atoms with Gasteiger partial charge in [-0.25, -0.2) is 4.79 Å². The molecule has 1 aliphatic heterocycles. The third-order valence-electron chi connectivity index (χ3n) is 3.87. The molecule has 0 saturated carbocycles. The lowest BCUT2D eigenvalue weighted by molar-refractivity contribution is -0.124. The van der Waals surface area contributed by atoms with E-state index in [4.69, 9.17) is 4.74 Å². The Labute approximate surface area is 126 Å². The van der Waals surface area contributed by atoms with E-state index < -0.39 is 0 Å². The van der Waals surface area contributed by atoms with Crippen LogP contribution in [0.5, 0.6) is 0 Å². The fraction of sp³-hybridized carbons (Fsp3) is 0.529. The Morgan fingerprint density at radius 3 is 2.57 bits per heavy atom. The maximum atomic E-state index is 12.3. The molecule has 4 heteroatoms. The number of rotatable bonds is 2. The van der Waals surface area contributed by atoms with Gasteiger partial charge < -0.3 is 9.64 Å². The second-order valence-electron chi connectivity index (χ2n) is 6.61. The highest BCUT2D eigenvalue weighted by Gasteiger charge is 2.38. The van der Waals surface area contributed by atoms with Gasteiger partial charge in [-0.3, -0.25) is 4.79 Å². The molecular weight excluding hydrogens is 266 g/mol. The van der Waals surface area contributed by atoms with Crippen LogP contribution in [0.4, 0.5) is 4.79 Å². The molecule has 1 amide bonds. The Bertz CT molecular complexity index is 505. The summed E-state index contributed by atoms with van der Waals surface area (Å²) in [6.07, 6.45) is 0.517. The number of hydrogen-bond donors (Lipinski definition) is 0. The molecule has 4 nitrogen and oxygen atoms in total. The maximum absolute atomic E-state index is 12.3. The Hall–Kier alpha value is -1.84. The third kappa shape index (κ3) is 4.06. The molecule has 1 atom stereocenters. The third-order valence-corrected chi connectivity index (χ3v) is 3.87. The van der Waals surface area contributed by atoms with Crippen LogP contribution in [0.2, 0.25) is 0 Å². The number of piperidine rings is 1. The maximum Gasteiger partial charge on any atom is 0.410 e. The summed E-state index contributed by atoms with van der Waals surface area (Å²) in [6.45, 7) is 6.87. The second kappa shape index (κ2) is 6.29. The number of carbonyl (C=O) groups is 2. The van der Waals surface area contributed by atoms with E-state index in [1.165, 1.54) is 0 Å². The van der Waals surface area contributed by atoms with Gasteiger partial charge in [0, 0.05) is 25.4 Å². The van der Waals surface area contributed by atoms with E-state index in [1.807, 2.05) is 51.1 Å². The van der Waals surface area contributed by atoms with E-state index in [2.05, 4.69) is 0 Å². The first-order valence-electron chi connectivity index (χ1n) is 7.37. The van der Waals surface area contributed by atoms with E-state index in [9.17, 15) is 9.59 Å². The molecule has 0 unspecified atom stereocenters. The van der Waals surface area contributed by atoms with Crippen LogP contribution in [0.25, 0.3) is 0 Å². The molecule has 1 heterocycles. The fourth-order valence-electron chi connectivity index (χ4n) is 2.62. The van der Waals surface area contributed by atoms with Gasteiger partial charge in [0.05, 0.1) is 0 Å². The lowest BCUT2D eigenvalue weighted by atomic mass is 9.80. The van der Waals surface area contributed by atoms with Crippen molar-refractivity contribution in [3.8, 4) is 0 Å². The fourth-order valence-corrected chi connectivity index (χ4v) is 2.62. The van der Waals surface area contributed by atoms with E-state index in [0.29, 0.717) is 19.4 Å². The quantitative estimate of drug-likeness (QED) is 0.838. The van der Waals surface area contributed by atoms with Crippen molar-refractivity contribution >= 4 is 11.9 Å². The van der Waals surface area contributed by atoms with Crippen molar-refractivity contribution in [2.45, 2.75) is 46.3 Å². The summed E-state index contributed by atoms with van der Waals surface area (Å²) in [5, 5.41) is 0. The number of likely N-dealkylation sites (tertiary alicyclic amines) is 1. The van der Waals surface area contributed by atoms with E-state index >= 15 is 0 Å². The molecule has 1 fully saturated rings. The van der Waals surface area contributed by atoms with Gasteiger partial charge >= 0.3 is 6.09 Å². The normalized spacial score (nSPS) is 19.5. The highest BCUT2D eigenvalue weighted by molar-refractivity contribution is 5.82. The van der Waals surface area contributed by atoms with Gasteiger partial charge in [0.15, 0.2) is 0 Å². The van der Waals surface area contributed by atoms with Crippen LogP contribution in [0, 0.1) is 5.41 Å². The van der Waals surface area contributed by atoms with Gasteiger partial charge in [-0.2, -0.15) is 0 Å². The van der Waals surface area contributed by atoms with Gasteiger partial charge in [0.1, 0.15) is 12.4 Å². The minimum atomic E-state index is -0.328. The summed E-state index contributed by atoms with van der Waals surface area (Å²) >= 11 is 0. The number of hydrogen-bond acceptors (Lipinski definition) is 3. The highest BCUT2D eigenvalue weighted by Crippen LogP contribution is 2.31. The van der Waals surface area contributed by atoms with Gasteiger partial charge in [-0.1, -0.05) is 51.1 Å². The van der Waals surface area contributed by atoms with Crippen LogP contribution < -0.4 is 0 Å². The van der Waals surface area contributed by atoms with Gasteiger partial charge in [0.25, 0.3) is 0 Å². The average Bonchev–Trinajstić information content (AvgIpc) is 2.45.